The van der Waals surface area contributed by atoms with Crippen molar-refractivity contribution in [2.45, 2.75) is 25.4 Å². The van der Waals surface area contributed by atoms with Gasteiger partial charge in [0.25, 0.3) is 0 Å². The van der Waals surface area contributed by atoms with Crippen molar-refractivity contribution in [2.24, 2.45) is 17.8 Å². The monoisotopic (exact) mass is 195 g/mol. The second-order valence-corrected chi connectivity index (χ2v) is 4.44. The number of aliphatic hydroxyl groups excluding tert-OH is 1. The smallest absolute Gasteiger partial charge is 0.223 e. The van der Waals surface area contributed by atoms with Crippen LogP contribution in [0.3, 0.4) is 0 Å². The molecule has 2 fully saturated rings. The number of carbonyl (C=O) groups is 1. The minimum Gasteiger partial charge on any atom is -0.393 e. The van der Waals surface area contributed by atoms with Gasteiger partial charge < -0.3 is 10.4 Å². The lowest BCUT2D eigenvalue weighted by molar-refractivity contribution is -0.128. The second-order valence-electron chi connectivity index (χ2n) is 4.44. The molecule has 0 spiro atoms. The molecule has 4 unspecified atom stereocenters. The third-order valence-electron chi connectivity index (χ3n) is 3.54. The van der Waals surface area contributed by atoms with Crippen LogP contribution in [0.1, 0.15) is 19.3 Å². The molecule has 0 aromatic carbocycles. The normalized spacial score (nSPS) is 39.8. The Morgan fingerprint density at radius 2 is 2.29 bits per heavy atom. The van der Waals surface area contributed by atoms with Crippen LogP contribution in [-0.2, 0) is 4.79 Å². The molecule has 0 aromatic heterocycles. The molecule has 3 nitrogen and oxygen atoms in total. The highest BCUT2D eigenvalue weighted by Crippen LogP contribution is 2.48. The van der Waals surface area contributed by atoms with E-state index in [-0.39, 0.29) is 23.8 Å². The fraction of sp³-hybridized carbons (Fsp3) is 0.727. The van der Waals surface area contributed by atoms with E-state index in [2.05, 4.69) is 11.9 Å². The van der Waals surface area contributed by atoms with Crippen LogP contribution in [0.25, 0.3) is 0 Å². The van der Waals surface area contributed by atoms with Gasteiger partial charge in [-0.25, -0.2) is 0 Å². The largest absolute Gasteiger partial charge is 0.393 e. The fourth-order valence-corrected chi connectivity index (χ4v) is 2.92. The summed E-state index contributed by atoms with van der Waals surface area (Å²) in [5.41, 5.74) is 0. The van der Waals surface area contributed by atoms with Crippen LogP contribution in [0.4, 0.5) is 0 Å². The quantitative estimate of drug-likeness (QED) is 0.651. The Labute approximate surface area is 84.2 Å². The van der Waals surface area contributed by atoms with E-state index >= 15 is 0 Å². The Balaban J connectivity index is 1.93. The van der Waals surface area contributed by atoms with Crippen LogP contribution < -0.4 is 5.32 Å². The maximum absolute atomic E-state index is 11.7. The molecular weight excluding hydrogens is 178 g/mol. The summed E-state index contributed by atoms with van der Waals surface area (Å²) in [5, 5.41) is 12.5. The molecule has 14 heavy (non-hydrogen) atoms. The zero-order chi connectivity index (χ0) is 10.1. The van der Waals surface area contributed by atoms with Gasteiger partial charge in [0.2, 0.25) is 5.91 Å². The topological polar surface area (TPSA) is 49.3 Å². The van der Waals surface area contributed by atoms with Crippen molar-refractivity contribution in [3.05, 3.63) is 12.7 Å². The predicted octanol–water partition coefficient (Wildman–Crippen LogP) is 0.696. The van der Waals surface area contributed by atoms with Gasteiger partial charge >= 0.3 is 0 Å². The molecule has 0 saturated heterocycles. The molecule has 2 aliphatic carbocycles. The third kappa shape index (κ3) is 1.57. The van der Waals surface area contributed by atoms with Gasteiger partial charge in [-0.15, -0.1) is 6.58 Å². The van der Waals surface area contributed by atoms with Crippen LogP contribution in [0.5, 0.6) is 0 Å². The first-order valence-corrected chi connectivity index (χ1v) is 5.29. The molecule has 2 rings (SSSR count). The molecule has 3 heteroatoms. The molecule has 2 aliphatic rings. The summed E-state index contributed by atoms with van der Waals surface area (Å²) in [6.07, 6.45) is 4.34. The van der Waals surface area contributed by atoms with Gasteiger partial charge in [0.1, 0.15) is 0 Å². The van der Waals surface area contributed by atoms with Gasteiger partial charge in [-0.2, -0.15) is 0 Å². The van der Waals surface area contributed by atoms with Crippen molar-refractivity contribution < 1.29 is 9.90 Å². The lowest BCUT2D eigenvalue weighted by Gasteiger charge is -2.24. The molecule has 2 N–H and O–H groups in total. The first-order chi connectivity index (χ1) is 6.72. The van der Waals surface area contributed by atoms with Crippen LogP contribution >= 0.6 is 0 Å². The molecule has 2 bridgehead atoms. The van der Waals surface area contributed by atoms with E-state index in [0.717, 1.165) is 19.3 Å². The maximum Gasteiger partial charge on any atom is 0.223 e. The zero-order valence-electron chi connectivity index (χ0n) is 8.28. The van der Waals surface area contributed by atoms with Gasteiger partial charge in [-0.05, 0) is 31.1 Å². The van der Waals surface area contributed by atoms with Crippen LogP contribution in [-0.4, -0.2) is 23.7 Å². The van der Waals surface area contributed by atoms with E-state index in [4.69, 9.17) is 0 Å². The Morgan fingerprint density at radius 3 is 2.86 bits per heavy atom. The van der Waals surface area contributed by atoms with Crippen molar-refractivity contribution >= 4 is 5.91 Å². The predicted molar refractivity (Wildman–Crippen MR) is 53.5 cm³/mol. The van der Waals surface area contributed by atoms with Crippen molar-refractivity contribution in [1.29, 1.82) is 0 Å². The average molecular weight is 195 g/mol. The third-order valence-corrected chi connectivity index (χ3v) is 3.54. The summed E-state index contributed by atoms with van der Waals surface area (Å²) < 4.78 is 0. The molecular formula is C11H17NO2. The molecule has 78 valence electrons. The Kier molecular flexibility index (Phi) is 2.59. The van der Waals surface area contributed by atoms with Gasteiger partial charge in [0.15, 0.2) is 0 Å². The standard InChI is InChI=1S/C11H17NO2/c1-2-3-12-11(14)9-5-7-4-8(9)10(13)6-7/h2,7-10,13H,1,3-6H2,(H,12,14). The summed E-state index contributed by atoms with van der Waals surface area (Å²) in [6.45, 7) is 4.09. The Hall–Kier alpha value is -0.830. The first kappa shape index (κ1) is 9.71. The molecule has 0 aliphatic heterocycles. The minimum absolute atomic E-state index is 0.0451. The van der Waals surface area contributed by atoms with E-state index < -0.39 is 0 Å². The van der Waals surface area contributed by atoms with Crippen LogP contribution in [0.2, 0.25) is 0 Å². The first-order valence-electron chi connectivity index (χ1n) is 5.29. The number of rotatable bonds is 3. The summed E-state index contributed by atoms with van der Waals surface area (Å²) >= 11 is 0. The van der Waals surface area contributed by atoms with Crippen LogP contribution in [0.15, 0.2) is 12.7 Å². The minimum atomic E-state index is -0.242. The van der Waals surface area contributed by atoms with E-state index in [0.29, 0.717) is 12.5 Å². The fourth-order valence-electron chi connectivity index (χ4n) is 2.92. The number of fused-ring (bicyclic) bond motifs is 2. The summed E-state index contributed by atoms with van der Waals surface area (Å²) in [7, 11) is 0. The summed E-state index contributed by atoms with van der Waals surface area (Å²) in [6, 6.07) is 0. The molecule has 2 saturated carbocycles. The second kappa shape index (κ2) is 3.73. The van der Waals surface area contributed by atoms with Crippen LogP contribution in [0, 0.1) is 17.8 Å². The maximum atomic E-state index is 11.7. The number of aliphatic hydroxyl groups is 1. The Morgan fingerprint density at radius 1 is 1.50 bits per heavy atom. The molecule has 0 aromatic rings. The van der Waals surface area contributed by atoms with Crippen molar-refractivity contribution in [2.75, 3.05) is 6.54 Å². The SMILES string of the molecule is C=CCNC(=O)C1CC2CC(O)C1C2. The number of carbonyl (C=O) groups excluding carboxylic acids is 1. The molecule has 1 amide bonds. The highest BCUT2D eigenvalue weighted by molar-refractivity contribution is 5.79. The van der Waals surface area contributed by atoms with Gasteiger partial charge in [-0.1, -0.05) is 6.08 Å². The summed E-state index contributed by atoms with van der Waals surface area (Å²) in [5.74, 6) is 0.930. The lowest BCUT2D eigenvalue weighted by atomic mass is 9.86. The van der Waals surface area contributed by atoms with Crippen molar-refractivity contribution in [3.8, 4) is 0 Å². The van der Waals surface area contributed by atoms with E-state index in [1.54, 1.807) is 6.08 Å². The Bertz CT molecular complexity index is 252. The van der Waals surface area contributed by atoms with E-state index in [1.165, 1.54) is 0 Å². The van der Waals surface area contributed by atoms with E-state index in [9.17, 15) is 9.90 Å². The van der Waals surface area contributed by atoms with Gasteiger partial charge in [-0.3, -0.25) is 4.79 Å². The molecule has 0 heterocycles. The lowest BCUT2D eigenvalue weighted by Crippen LogP contribution is -2.37. The van der Waals surface area contributed by atoms with Gasteiger partial charge in [0, 0.05) is 12.5 Å². The number of hydrogen-bond acceptors (Lipinski definition) is 2. The molecule has 4 atom stereocenters. The average Bonchev–Trinajstić information content (AvgIpc) is 2.72. The van der Waals surface area contributed by atoms with E-state index in [1.807, 2.05) is 0 Å². The molecule has 0 radical (unpaired) electrons. The highest BCUT2D eigenvalue weighted by Gasteiger charge is 2.48. The summed E-state index contributed by atoms with van der Waals surface area (Å²) in [4.78, 5) is 11.7. The highest BCUT2D eigenvalue weighted by atomic mass is 16.3. The van der Waals surface area contributed by atoms with Crippen molar-refractivity contribution in [3.63, 3.8) is 0 Å². The zero-order valence-corrected chi connectivity index (χ0v) is 8.28. The number of hydrogen-bond donors (Lipinski definition) is 2. The van der Waals surface area contributed by atoms with Gasteiger partial charge in [0.05, 0.1) is 6.10 Å². The number of amides is 1. The van der Waals surface area contributed by atoms with Crippen molar-refractivity contribution in [1.82, 2.24) is 5.32 Å². The number of nitrogens with one attached hydrogen (secondary N) is 1.